The molecule has 3 aromatic rings. The highest BCUT2D eigenvalue weighted by atomic mass is 16.5. The number of nitrogens with one attached hydrogen (secondary N) is 1. The van der Waals surface area contributed by atoms with Crippen LogP contribution in [0.2, 0.25) is 0 Å². The summed E-state index contributed by atoms with van der Waals surface area (Å²) in [6.45, 7) is -0.561. The third kappa shape index (κ3) is 6.01. The number of ketones is 1. The number of esters is 2. The molecular formula is C27H22N2O7. The number of carbonyl (C=O) groups excluding carboxylic acids is 5. The predicted octanol–water partition coefficient (Wildman–Crippen LogP) is 2.83. The zero-order valence-electron chi connectivity index (χ0n) is 19.1. The normalized spacial score (nSPS) is 14.7. The summed E-state index contributed by atoms with van der Waals surface area (Å²) < 4.78 is 10.4. The van der Waals surface area contributed by atoms with Crippen molar-refractivity contribution >= 4 is 29.5 Å². The molecule has 0 spiro atoms. The molecule has 1 aliphatic heterocycles. The van der Waals surface area contributed by atoms with Crippen LogP contribution < -0.4 is 10.2 Å². The van der Waals surface area contributed by atoms with Gasteiger partial charge in [0.25, 0.3) is 5.91 Å². The van der Waals surface area contributed by atoms with E-state index in [-0.39, 0.29) is 24.3 Å². The van der Waals surface area contributed by atoms with E-state index in [9.17, 15) is 24.0 Å². The van der Waals surface area contributed by atoms with Crippen LogP contribution in [-0.4, -0.2) is 47.7 Å². The molecule has 0 aliphatic carbocycles. The predicted molar refractivity (Wildman–Crippen MR) is 127 cm³/mol. The first-order valence-corrected chi connectivity index (χ1v) is 11.1. The van der Waals surface area contributed by atoms with E-state index in [2.05, 4.69) is 5.43 Å². The molecule has 1 N–H and O–H groups in total. The molecule has 36 heavy (non-hydrogen) atoms. The molecule has 182 valence electrons. The van der Waals surface area contributed by atoms with Crippen molar-refractivity contribution in [3.63, 3.8) is 0 Å². The van der Waals surface area contributed by atoms with Gasteiger partial charge in [0.15, 0.2) is 12.4 Å². The van der Waals surface area contributed by atoms with Crippen molar-refractivity contribution in [2.45, 2.75) is 6.42 Å². The van der Waals surface area contributed by atoms with Gasteiger partial charge in [-0.3, -0.25) is 29.6 Å². The summed E-state index contributed by atoms with van der Waals surface area (Å²) in [6, 6.07) is 22.7. The lowest BCUT2D eigenvalue weighted by Crippen LogP contribution is -2.43. The van der Waals surface area contributed by atoms with E-state index in [0.717, 1.165) is 5.01 Å². The van der Waals surface area contributed by atoms with Gasteiger partial charge in [0.1, 0.15) is 5.75 Å². The molecule has 1 unspecified atom stereocenters. The van der Waals surface area contributed by atoms with E-state index >= 15 is 0 Å². The SMILES string of the molecule is O=C(COC(=O)C1CC(=O)N(NC(=O)c2ccccc2)C1)c1ccc(OC(=O)c2ccccc2)cc1. The molecule has 1 atom stereocenters. The Balaban J connectivity index is 1.25. The number of carbonyl (C=O) groups is 5. The smallest absolute Gasteiger partial charge is 0.343 e. The van der Waals surface area contributed by atoms with E-state index in [4.69, 9.17) is 9.47 Å². The summed E-state index contributed by atoms with van der Waals surface area (Å²) in [4.78, 5) is 61.4. The average molecular weight is 486 g/mol. The minimum absolute atomic E-state index is 0.0497. The number of Topliss-reactive ketones (excluding diaryl/α,β-unsaturated/α-hetero) is 1. The molecule has 1 heterocycles. The highest BCUT2D eigenvalue weighted by Crippen LogP contribution is 2.19. The van der Waals surface area contributed by atoms with E-state index in [0.29, 0.717) is 11.1 Å². The Kier molecular flexibility index (Phi) is 7.50. The van der Waals surface area contributed by atoms with Crippen LogP contribution in [-0.2, 0) is 14.3 Å². The molecule has 0 bridgehead atoms. The number of hydrogen-bond donors (Lipinski definition) is 1. The third-order valence-corrected chi connectivity index (χ3v) is 5.47. The van der Waals surface area contributed by atoms with Gasteiger partial charge in [-0.05, 0) is 48.5 Å². The van der Waals surface area contributed by atoms with E-state index in [1.807, 2.05) is 0 Å². The fraction of sp³-hybridized carbons (Fsp3) is 0.148. The van der Waals surface area contributed by atoms with Gasteiger partial charge in [-0.25, -0.2) is 4.79 Å². The number of amides is 2. The quantitative estimate of drug-likeness (QED) is 0.295. The minimum atomic E-state index is -0.804. The number of nitrogens with zero attached hydrogens (tertiary/aromatic N) is 1. The van der Waals surface area contributed by atoms with Crippen molar-refractivity contribution in [3.8, 4) is 5.75 Å². The van der Waals surface area contributed by atoms with E-state index in [1.54, 1.807) is 60.7 Å². The summed E-state index contributed by atoms with van der Waals surface area (Å²) in [5.41, 5.74) is 3.52. The maximum Gasteiger partial charge on any atom is 0.343 e. The largest absolute Gasteiger partial charge is 0.457 e. The lowest BCUT2D eigenvalue weighted by molar-refractivity contribution is -0.147. The van der Waals surface area contributed by atoms with E-state index < -0.39 is 42.1 Å². The number of hydrogen-bond acceptors (Lipinski definition) is 7. The molecule has 3 aromatic carbocycles. The molecule has 4 rings (SSSR count). The molecule has 0 saturated carbocycles. The Morgan fingerprint density at radius 1 is 0.806 bits per heavy atom. The van der Waals surface area contributed by atoms with Crippen LogP contribution in [0.25, 0.3) is 0 Å². The van der Waals surface area contributed by atoms with Gasteiger partial charge in [-0.1, -0.05) is 36.4 Å². The summed E-state index contributed by atoms with van der Waals surface area (Å²) >= 11 is 0. The third-order valence-electron chi connectivity index (χ3n) is 5.47. The molecule has 0 aromatic heterocycles. The van der Waals surface area contributed by atoms with E-state index in [1.165, 1.54) is 24.3 Å². The van der Waals surface area contributed by atoms with Crippen molar-refractivity contribution in [2.24, 2.45) is 5.92 Å². The first-order valence-electron chi connectivity index (χ1n) is 11.1. The fourth-order valence-corrected chi connectivity index (χ4v) is 3.54. The van der Waals surface area contributed by atoms with Crippen molar-refractivity contribution in [3.05, 3.63) is 102 Å². The molecule has 2 amide bonds. The van der Waals surface area contributed by atoms with Gasteiger partial charge < -0.3 is 9.47 Å². The fourth-order valence-electron chi connectivity index (χ4n) is 3.54. The van der Waals surface area contributed by atoms with Gasteiger partial charge in [0.2, 0.25) is 5.91 Å². The van der Waals surface area contributed by atoms with Gasteiger partial charge in [0.05, 0.1) is 18.0 Å². The maximum atomic E-state index is 12.4. The van der Waals surface area contributed by atoms with Gasteiger partial charge >= 0.3 is 11.9 Å². The van der Waals surface area contributed by atoms with Gasteiger partial charge in [0, 0.05) is 17.5 Å². The average Bonchev–Trinajstić information content (AvgIpc) is 3.28. The van der Waals surface area contributed by atoms with Crippen molar-refractivity contribution in [1.29, 1.82) is 0 Å². The van der Waals surface area contributed by atoms with Crippen molar-refractivity contribution < 1.29 is 33.4 Å². The summed E-state index contributed by atoms with van der Waals surface area (Å²) in [7, 11) is 0. The van der Waals surface area contributed by atoms with Crippen LogP contribution in [0, 0.1) is 5.92 Å². The summed E-state index contributed by atoms with van der Waals surface area (Å²) in [5.74, 6) is -3.12. The monoisotopic (exact) mass is 486 g/mol. The Bertz CT molecular complexity index is 1270. The number of benzene rings is 3. The van der Waals surface area contributed by atoms with Crippen molar-refractivity contribution in [1.82, 2.24) is 10.4 Å². The Morgan fingerprint density at radius 2 is 1.42 bits per heavy atom. The molecule has 0 radical (unpaired) electrons. The van der Waals surface area contributed by atoms with Gasteiger partial charge in [-0.15, -0.1) is 0 Å². The van der Waals surface area contributed by atoms with Crippen molar-refractivity contribution in [2.75, 3.05) is 13.2 Å². The molecule has 9 heteroatoms. The molecule has 1 fully saturated rings. The maximum absolute atomic E-state index is 12.4. The molecule has 9 nitrogen and oxygen atoms in total. The first kappa shape index (κ1) is 24.3. The van der Waals surface area contributed by atoms with Crippen LogP contribution in [0.4, 0.5) is 0 Å². The Hall–Kier alpha value is -4.79. The zero-order chi connectivity index (χ0) is 25.5. The van der Waals surface area contributed by atoms with Crippen LogP contribution in [0.1, 0.15) is 37.5 Å². The lowest BCUT2D eigenvalue weighted by atomic mass is 10.1. The second kappa shape index (κ2) is 11.1. The standard InChI is InChI=1S/C27H22N2O7/c30-23(18-11-13-22(14-12-18)36-27(34)20-9-5-2-6-10-20)17-35-26(33)21-15-24(31)29(16-21)28-25(32)19-7-3-1-4-8-19/h1-14,21H,15-17H2,(H,28,32). The number of ether oxygens (including phenoxy) is 2. The van der Waals surface area contributed by atoms with Crippen LogP contribution >= 0.6 is 0 Å². The molecule has 1 saturated heterocycles. The van der Waals surface area contributed by atoms with Gasteiger partial charge in [-0.2, -0.15) is 0 Å². The number of rotatable bonds is 8. The Labute approximate surface area is 206 Å². The van der Waals surface area contributed by atoms with Crippen LogP contribution in [0.3, 0.4) is 0 Å². The zero-order valence-corrected chi connectivity index (χ0v) is 19.1. The topological polar surface area (TPSA) is 119 Å². The van der Waals surface area contributed by atoms with Crippen LogP contribution in [0.5, 0.6) is 5.75 Å². The first-order chi connectivity index (χ1) is 17.4. The minimum Gasteiger partial charge on any atom is -0.457 e. The summed E-state index contributed by atoms with van der Waals surface area (Å²) in [5, 5.41) is 1.08. The highest BCUT2D eigenvalue weighted by molar-refractivity contribution is 5.99. The summed E-state index contributed by atoms with van der Waals surface area (Å²) in [6.07, 6.45) is -0.135. The second-order valence-corrected chi connectivity index (χ2v) is 8.02. The Morgan fingerprint density at radius 3 is 2.06 bits per heavy atom. The molecular weight excluding hydrogens is 464 g/mol. The molecule has 1 aliphatic rings. The second-order valence-electron chi connectivity index (χ2n) is 8.02. The lowest BCUT2D eigenvalue weighted by Gasteiger charge is -2.17. The highest BCUT2D eigenvalue weighted by Gasteiger charge is 2.36. The number of hydrazine groups is 1. The van der Waals surface area contributed by atoms with Crippen LogP contribution in [0.15, 0.2) is 84.9 Å².